The molecule has 2 aliphatic rings. The third-order valence-electron chi connectivity index (χ3n) is 5.99. The van der Waals surface area contributed by atoms with Gasteiger partial charge < -0.3 is 20.5 Å². The van der Waals surface area contributed by atoms with Crippen LogP contribution in [-0.2, 0) is 4.74 Å². The lowest BCUT2D eigenvalue weighted by atomic mass is 9.93. The molecule has 1 aliphatic carbocycles. The van der Waals surface area contributed by atoms with Crippen LogP contribution in [0.25, 0.3) is 0 Å². The molecule has 2 fully saturated rings. The second-order valence-electron chi connectivity index (χ2n) is 8.41. The fourth-order valence-electron chi connectivity index (χ4n) is 4.12. The Morgan fingerprint density at radius 1 is 1.12 bits per heavy atom. The monoisotopic (exact) mass is 454 g/mol. The lowest BCUT2D eigenvalue weighted by molar-refractivity contribution is 0.0398. The molecule has 4 rings (SSSR count). The molecule has 6 nitrogen and oxygen atoms in total. The van der Waals surface area contributed by atoms with Crippen molar-refractivity contribution in [2.45, 2.75) is 37.8 Å². The molecule has 0 radical (unpaired) electrons. The second kappa shape index (κ2) is 11.5. The van der Waals surface area contributed by atoms with E-state index in [2.05, 4.69) is 44.5 Å². The first-order valence-corrected chi connectivity index (χ1v) is 11.8. The summed E-state index contributed by atoms with van der Waals surface area (Å²) in [4.78, 5) is 6.63. The van der Waals surface area contributed by atoms with Gasteiger partial charge in [0.25, 0.3) is 0 Å². The number of aromatic nitrogens is 1. The fourth-order valence-corrected chi connectivity index (χ4v) is 4.28. The van der Waals surface area contributed by atoms with Gasteiger partial charge in [0.1, 0.15) is 5.15 Å². The molecule has 2 aromatic rings. The molecule has 1 saturated carbocycles. The number of aliphatic hydroxyl groups is 1. The van der Waals surface area contributed by atoms with E-state index in [1.165, 1.54) is 0 Å². The minimum Gasteiger partial charge on any atom is -0.393 e. The molecule has 0 unspecified atom stereocenters. The van der Waals surface area contributed by atoms with E-state index >= 15 is 0 Å². The van der Waals surface area contributed by atoms with Gasteiger partial charge in [-0.15, -0.1) is 0 Å². The maximum atomic E-state index is 9.75. The minimum absolute atomic E-state index is 0.178. The van der Waals surface area contributed by atoms with Crippen molar-refractivity contribution < 1.29 is 9.84 Å². The highest BCUT2D eigenvalue weighted by molar-refractivity contribution is 6.29. The van der Waals surface area contributed by atoms with E-state index in [-0.39, 0.29) is 6.10 Å². The first kappa shape index (κ1) is 22.9. The molecule has 2 heterocycles. The van der Waals surface area contributed by atoms with E-state index in [0.717, 1.165) is 87.6 Å². The molecule has 1 aromatic carbocycles. The summed E-state index contributed by atoms with van der Waals surface area (Å²) >= 11 is 6.14. The lowest BCUT2D eigenvalue weighted by Gasteiger charge is -2.27. The van der Waals surface area contributed by atoms with Crippen molar-refractivity contribution in [1.29, 1.82) is 0 Å². The molecule has 0 atom stereocenters. The van der Waals surface area contributed by atoms with Gasteiger partial charge in [-0.3, -0.25) is 4.90 Å². The van der Waals surface area contributed by atoms with Crippen LogP contribution in [0.15, 0.2) is 36.5 Å². The summed E-state index contributed by atoms with van der Waals surface area (Å²) in [6.07, 6.45) is 5.06. The van der Waals surface area contributed by atoms with E-state index in [1.807, 2.05) is 18.2 Å². The quantitative estimate of drug-likeness (QED) is 0.457. The van der Waals surface area contributed by atoms with Crippen LogP contribution < -0.4 is 10.6 Å². The molecule has 0 spiro atoms. The predicted octanol–water partition coefficient (Wildman–Crippen LogP) is 3.59. The zero-order chi connectivity index (χ0) is 22.2. The summed E-state index contributed by atoms with van der Waals surface area (Å²) < 4.78 is 5.40. The van der Waals surface area contributed by atoms with E-state index in [0.29, 0.717) is 11.2 Å². The van der Waals surface area contributed by atoms with Crippen LogP contribution in [0.4, 0.5) is 11.4 Å². The highest BCUT2D eigenvalue weighted by Crippen LogP contribution is 2.25. The molecule has 32 heavy (non-hydrogen) atoms. The molecule has 1 aromatic heterocycles. The second-order valence-corrected chi connectivity index (χ2v) is 8.80. The number of aliphatic hydroxyl groups excluding tert-OH is 1. The summed E-state index contributed by atoms with van der Waals surface area (Å²) in [5.74, 6) is 6.52. The number of halogens is 1. The van der Waals surface area contributed by atoms with Gasteiger partial charge in [0.15, 0.2) is 0 Å². The number of hydrogen-bond acceptors (Lipinski definition) is 6. The van der Waals surface area contributed by atoms with Crippen LogP contribution in [0.3, 0.4) is 0 Å². The van der Waals surface area contributed by atoms with Crippen LogP contribution in [0.1, 0.15) is 36.8 Å². The number of benzene rings is 1. The van der Waals surface area contributed by atoms with E-state index in [1.54, 1.807) is 6.20 Å². The maximum absolute atomic E-state index is 9.75. The van der Waals surface area contributed by atoms with E-state index < -0.39 is 0 Å². The third kappa shape index (κ3) is 6.85. The van der Waals surface area contributed by atoms with E-state index in [9.17, 15) is 5.11 Å². The number of morpholine rings is 1. The molecule has 1 saturated heterocycles. The van der Waals surface area contributed by atoms with Crippen molar-refractivity contribution in [3.63, 3.8) is 0 Å². The number of nitrogens with one attached hydrogen (secondary N) is 2. The van der Waals surface area contributed by atoms with Crippen molar-refractivity contribution >= 4 is 23.0 Å². The molecule has 3 N–H and O–H groups in total. The number of rotatable bonds is 6. The van der Waals surface area contributed by atoms with Gasteiger partial charge in [-0.25, -0.2) is 4.98 Å². The average molecular weight is 455 g/mol. The minimum atomic E-state index is -0.178. The largest absolute Gasteiger partial charge is 0.393 e. The number of nitrogens with zero attached hydrogens (tertiary/aromatic N) is 2. The lowest BCUT2D eigenvalue weighted by Crippen LogP contribution is -2.39. The van der Waals surface area contributed by atoms with Crippen molar-refractivity contribution in [1.82, 2.24) is 9.88 Å². The van der Waals surface area contributed by atoms with Crippen LogP contribution in [0.5, 0.6) is 0 Å². The van der Waals surface area contributed by atoms with Gasteiger partial charge in [0.2, 0.25) is 0 Å². The summed E-state index contributed by atoms with van der Waals surface area (Å²) in [5.41, 5.74) is 3.74. The Morgan fingerprint density at radius 2 is 1.94 bits per heavy atom. The molecule has 0 bridgehead atoms. The Bertz CT molecular complexity index is 944. The highest BCUT2D eigenvalue weighted by Gasteiger charge is 2.20. The molecule has 7 heteroatoms. The summed E-state index contributed by atoms with van der Waals surface area (Å²) in [6, 6.07) is 10.3. The van der Waals surface area contributed by atoms with Gasteiger partial charge >= 0.3 is 0 Å². The molecular weight excluding hydrogens is 424 g/mol. The van der Waals surface area contributed by atoms with Crippen LogP contribution in [0, 0.1) is 11.8 Å². The number of hydrogen-bond donors (Lipinski definition) is 3. The molecule has 1 aliphatic heterocycles. The topological polar surface area (TPSA) is 69.7 Å². The first-order valence-electron chi connectivity index (χ1n) is 11.4. The van der Waals surface area contributed by atoms with Crippen molar-refractivity contribution in [3.05, 3.63) is 52.8 Å². The molecule has 170 valence electrons. The molecule has 0 amide bonds. The third-order valence-corrected chi connectivity index (χ3v) is 6.20. The van der Waals surface area contributed by atoms with Gasteiger partial charge in [-0.2, -0.15) is 0 Å². The SMILES string of the molecule is OC1CCC(Nc2cc(Cl)ncc2C#Cc2cccc(NCCN3CCOCC3)c2)CC1. The predicted molar refractivity (Wildman–Crippen MR) is 129 cm³/mol. The number of pyridine rings is 1. The van der Waals surface area contributed by atoms with Gasteiger partial charge in [-0.05, 0) is 49.9 Å². The highest BCUT2D eigenvalue weighted by atomic mass is 35.5. The summed E-state index contributed by atoms with van der Waals surface area (Å²) in [5, 5.41) is 17.2. The first-order chi connectivity index (χ1) is 15.7. The van der Waals surface area contributed by atoms with Crippen LogP contribution in [-0.4, -0.2) is 66.5 Å². The van der Waals surface area contributed by atoms with Crippen LogP contribution >= 0.6 is 11.6 Å². The Hall–Kier alpha value is -2.30. The zero-order valence-electron chi connectivity index (χ0n) is 18.3. The normalized spacial score (nSPS) is 21.4. The van der Waals surface area contributed by atoms with E-state index in [4.69, 9.17) is 16.3 Å². The number of ether oxygens (including phenoxy) is 1. The van der Waals surface area contributed by atoms with Gasteiger partial charge in [-0.1, -0.05) is 29.5 Å². The van der Waals surface area contributed by atoms with Gasteiger partial charge in [0, 0.05) is 49.7 Å². The van der Waals surface area contributed by atoms with Crippen molar-refractivity contribution in [3.8, 4) is 11.8 Å². The summed E-state index contributed by atoms with van der Waals surface area (Å²) in [7, 11) is 0. The van der Waals surface area contributed by atoms with Crippen molar-refractivity contribution in [2.75, 3.05) is 50.0 Å². The Kier molecular flexibility index (Phi) is 8.24. The Balaban J connectivity index is 1.38. The zero-order valence-corrected chi connectivity index (χ0v) is 19.1. The standard InChI is InChI=1S/C25H31ClN4O2/c26-25-17-24(29-21-6-8-23(31)9-7-21)20(18-28-25)5-4-19-2-1-3-22(16-19)27-10-11-30-12-14-32-15-13-30/h1-3,16-18,21,23,27,31H,6-15H2,(H,28,29). The van der Waals surface area contributed by atoms with Crippen molar-refractivity contribution in [2.24, 2.45) is 0 Å². The number of anilines is 2. The van der Waals surface area contributed by atoms with Gasteiger partial charge in [0.05, 0.1) is 30.6 Å². The average Bonchev–Trinajstić information content (AvgIpc) is 2.81. The Labute approximate surface area is 195 Å². The summed E-state index contributed by atoms with van der Waals surface area (Å²) in [6.45, 7) is 5.54. The maximum Gasteiger partial charge on any atom is 0.131 e. The Morgan fingerprint density at radius 3 is 2.75 bits per heavy atom. The van der Waals surface area contributed by atoms with Crippen LogP contribution in [0.2, 0.25) is 5.15 Å². The molecular formula is C25H31ClN4O2. The fraction of sp³-hybridized carbons (Fsp3) is 0.480. The smallest absolute Gasteiger partial charge is 0.131 e.